The molecule has 3 aromatic carbocycles. The first-order valence-corrected chi connectivity index (χ1v) is 11.6. The second kappa shape index (κ2) is 10.7. The number of sulfonamides is 1. The number of carbonyl (C=O) groups is 1. The number of methoxy groups -OCH3 is 2. The Kier molecular flexibility index (Phi) is 7.78. The summed E-state index contributed by atoms with van der Waals surface area (Å²) in [6.07, 6.45) is 0. The van der Waals surface area contributed by atoms with Gasteiger partial charge in [-0.1, -0.05) is 18.2 Å². The zero-order valence-electron chi connectivity index (χ0n) is 18.6. The van der Waals surface area contributed by atoms with E-state index in [1.54, 1.807) is 24.3 Å². The maximum Gasteiger partial charge on any atom is 0.264 e. The van der Waals surface area contributed by atoms with Crippen LogP contribution in [0.25, 0.3) is 0 Å². The van der Waals surface area contributed by atoms with Crippen molar-refractivity contribution in [2.75, 3.05) is 38.7 Å². The lowest BCUT2D eigenvalue weighted by atomic mass is 10.2. The standard InChI is InChI=1S/C24H26N2O6S/c1-26(33(28,29)21-13-14-22(30-2)23(17-21)31-3)19-11-9-18(10-12-19)24(27)25-15-16-32-20-7-5-4-6-8-20/h4-14,17H,15-16H2,1-3H3,(H,25,27). The van der Waals surface area contributed by atoms with E-state index in [0.717, 1.165) is 10.1 Å². The van der Waals surface area contributed by atoms with Gasteiger partial charge >= 0.3 is 0 Å². The van der Waals surface area contributed by atoms with Gasteiger partial charge in [0.1, 0.15) is 12.4 Å². The first-order valence-electron chi connectivity index (χ1n) is 10.1. The van der Waals surface area contributed by atoms with Crippen molar-refractivity contribution < 1.29 is 27.4 Å². The second-order valence-corrected chi connectivity index (χ2v) is 8.92. The molecule has 174 valence electrons. The number of nitrogens with zero attached hydrogens (tertiary/aromatic N) is 1. The van der Waals surface area contributed by atoms with Gasteiger partial charge in [0, 0.05) is 18.7 Å². The van der Waals surface area contributed by atoms with Crippen LogP contribution in [0.3, 0.4) is 0 Å². The molecule has 0 aromatic heterocycles. The van der Waals surface area contributed by atoms with Crippen LogP contribution in [0.1, 0.15) is 10.4 Å². The van der Waals surface area contributed by atoms with E-state index in [4.69, 9.17) is 14.2 Å². The molecule has 0 bridgehead atoms. The van der Waals surface area contributed by atoms with Gasteiger partial charge in [0.15, 0.2) is 11.5 Å². The monoisotopic (exact) mass is 470 g/mol. The van der Waals surface area contributed by atoms with Crippen LogP contribution in [0.2, 0.25) is 0 Å². The van der Waals surface area contributed by atoms with Crippen LogP contribution in [0.5, 0.6) is 17.2 Å². The summed E-state index contributed by atoms with van der Waals surface area (Å²) in [7, 11) is 0.519. The highest BCUT2D eigenvalue weighted by atomic mass is 32.2. The summed E-state index contributed by atoms with van der Waals surface area (Å²) in [5.74, 6) is 1.21. The summed E-state index contributed by atoms with van der Waals surface area (Å²) in [5, 5.41) is 2.78. The largest absolute Gasteiger partial charge is 0.493 e. The third-order valence-electron chi connectivity index (χ3n) is 4.91. The third-order valence-corrected chi connectivity index (χ3v) is 6.69. The molecule has 0 unspecified atom stereocenters. The van der Waals surface area contributed by atoms with Crippen molar-refractivity contribution in [1.82, 2.24) is 5.32 Å². The average Bonchev–Trinajstić information content (AvgIpc) is 2.86. The van der Waals surface area contributed by atoms with Crippen LogP contribution in [0.15, 0.2) is 77.7 Å². The van der Waals surface area contributed by atoms with Gasteiger partial charge in [-0.15, -0.1) is 0 Å². The highest BCUT2D eigenvalue weighted by Gasteiger charge is 2.23. The Labute approximate surface area is 193 Å². The molecule has 0 radical (unpaired) electrons. The van der Waals surface area contributed by atoms with Crippen LogP contribution in [-0.4, -0.2) is 48.7 Å². The predicted molar refractivity (Wildman–Crippen MR) is 126 cm³/mol. The summed E-state index contributed by atoms with van der Waals surface area (Å²) in [6, 6.07) is 20.0. The molecule has 8 nitrogen and oxygen atoms in total. The van der Waals surface area contributed by atoms with Crippen molar-refractivity contribution in [2.45, 2.75) is 4.90 Å². The van der Waals surface area contributed by atoms with Crippen molar-refractivity contribution in [1.29, 1.82) is 0 Å². The van der Waals surface area contributed by atoms with Gasteiger partial charge in [-0.25, -0.2) is 8.42 Å². The maximum atomic E-state index is 13.0. The minimum atomic E-state index is -3.85. The minimum Gasteiger partial charge on any atom is -0.493 e. The fourth-order valence-corrected chi connectivity index (χ4v) is 4.26. The average molecular weight is 471 g/mol. The van der Waals surface area contributed by atoms with Crippen LogP contribution >= 0.6 is 0 Å². The molecule has 0 fully saturated rings. The number of anilines is 1. The summed E-state index contributed by atoms with van der Waals surface area (Å²) in [5.41, 5.74) is 0.823. The first kappa shape index (κ1) is 23.9. The normalized spacial score (nSPS) is 10.9. The van der Waals surface area contributed by atoms with Crippen molar-refractivity contribution in [2.24, 2.45) is 0 Å². The Hall–Kier alpha value is -3.72. The number of carbonyl (C=O) groups excluding carboxylic acids is 1. The molecule has 1 amide bonds. The lowest BCUT2D eigenvalue weighted by Gasteiger charge is -2.20. The molecule has 3 rings (SSSR count). The topological polar surface area (TPSA) is 94.2 Å². The van der Waals surface area contributed by atoms with Gasteiger partial charge in [0.25, 0.3) is 15.9 Å². The Bertz CT molecular complexity index is 1180. The van der Waals surface area contributed by atoms with E-state index >= 15 is 0 Å². The molecular weight excluding hydrogens is 444 g/mol. The number of rotatable bonds is 10. The SMILES string of the molecule is COc1ccc(S(=O)(=O)N(C)c2ccc(C(=O)NCCOc3ccccc3)cc2)cc1OC. The number of para-hydroxylation sites is 1. The zero-order chi connectivity index (χ0) is 23.8. The number of ether oxygens (including phenoxy) is 3. The molecule has 1 N–H and O–H groups in total. The van der Waals surface area contributed by atoms with E-state index < -0.39 is 10.0 Å². The molecule has 0 saturated heterocycles. The Morgan fingerprint density at radius 1 is 0.909 bits per heavy atom. The third kappa shape index (κ3) is 5.75. The van der Waals surface area contributed by atoms with Gasteiger partial charge in [-0.3, -0.25) is 9.10 Å². The van der Waals surface area contributed by atoms with E-state index in [0.29, 0.717) is 35.9 Å². The van der Waals surface area contributed by atoms with Gasteiger partial charge in [0.05, 0.1) is 31.3 Å². The van der Waals surface area contributed by atoms with E-state index in [2.05, 4.69) is 5.32 Å². The molecule has 3 aromatic rings. The summed E-state index contributed by atoms with van der Waals surface area (Å²) >= 11 is 0. The number of nitrogens with one attached hydrogen (secondary N) is 1. The first-order chi connectivity index (χ1) is 15.9. The Balaban J connectivity index is 1.63. The molecule has 0 atom stereocenters. The molecule has 33 heavy (non-hydrogen) atoms. The number of hydrogen-bond acceptors (Lipinski definition) is 6. The van der Waals surface area contributed by atoms with E-state index in [9.17, 15) is 13.2 Å². The number of benzene rings is 3. The molecule has 0 heterocycles. The molecule has 0 aliphatic rings. The van der Waals surface area contributed by atoms with Crippen LogP contribution in [0.4, 0.5) is 5.69 Å². The smallest absolute Gasteiger partial charge is 0.264 e. The molecule has 0 aliphatic heterocycles. The second-order valence-electron chi connectivity index (χ2n) is 6.95. The molecule has 0 spiro atoms. The summed E-state index contributed by atoms with van der Waals surface area (Å²) in [4.78, 5) is 12.4. The van der Waals surface area contributed by atoms with Crippen molar-refractivity contribution >= 4 is 21.6 Å². The summed E-state index contributed by atoms with van der Waals surface area (Å²) in [6.45, 7) is 0.670. The van der Waals surface area contributed by atoms with Crippen LogP contribution in [-0.2, 0) is 10.0 Å². The fraction of sp³-hybridized carbons (Fsp3) is 0.208. The predicted octanol–water partition coefficient (Wildman–Crippen LogP) is 3.34. The lowest BCUT2D eigenvalue weighted by molar-refractivity contribution is 0.0947. The molecule has 9 heteroatoms. The number of amides is 1. The van der Waals surface area contributed by atoms with Crippen molar-refractivity contribution in [3.63, 3.8) is 0 Å². The summed E-state index contributed by atoms with van der Waals surface area (Å²) < 4.78 is 43.2. The highest BCUT2D eigenvalue weighted by molar-refractivity contribution is 7.92. The Morgan fingerprint density at radius 2 is 1.58 bits per heavy atom. The fourth-order valence-electron chi connectivity index (χ4n) is 3.05. The van der Waals surface area contributed by atoms with Crippen LogP contribution in [0, 0.1) is 0 Å². The van der Waals surface area contributed by atoms with Gasteiger partial charge < -0.3 is 19.5 Å². The minimum absolute atomic E-state index is 0.0582. The van der Waals surface area contributed by atoms with Gasteiger partial charge in [-0.2, -0.15) is 0 Å². The molecule has 0 saturated carbocycles. The van der Waals surface area contributed by atoms with E-state index in [-0.39, 0.29) is 10.8 Å². The highest BCUT2D eigenvalue weighted by Crippen LogP contribution is 2.31. The van der Waals surface area contributed by atoms with Crippen molar-refractivity contribution in [3.8, 4) is 17.2 Å². The van der Waals surface area contributed by atoms with Gasteiger partial charge in [0.2, 0.25) is 0 Å². The Morgan fingerprint density at radius 3 is 2.21 bits per heavy atom. The van der Waals surface area contributed by atoms with Crippen LogP contribution < -0.4 is 23.8 Å². The quantitative estimate of drug-likeness (QED) is 0.457. The zero-order valence-corrected chi connectivity index (χ0v) is 19.5. The van der Waals surface area contributed by atoms with E-state index in [1.165, 1.54) is 39.5 Å². The molecular formula is C24H26N2O6S. The maximum absolute atomic E-state index is 13.0. The van der Waals surface area contributed by atoms with Crippen molar-refractivity contribution in [3.05, 3.63) is 78.4 Å². The van der Waals surface area contributed by atoms with Gasteiger partial charge in [-0.05, 0) is 48.5 Å². The lowest BCUT2D eigenvalue weighted by Crippen LogP contribution is -2.28. The molecule has 0 aliphatic carbocycles. The number of hydrogen-bond donors (Lipinski definition) is 1. The van der Waals surface area contributed by atoms with E-state index in [1.807, 2.05) is 30.3 Å².